The number of rotatable bonds is 7. The quantitative estimate of drug-likeness (QED) is 0.836. The van der Waals surface area contributed by atoms with E-state index in [1.165, 1.54) is 14.2 Å². The minimum Gasteiger partial charge on any atom is -0.495 e. The van der Waals surface area contributed by atoms with Crippen LogP contribution < -0.4 is 14.8 Å². The molecular weight excluding hydrogens is 302 g/mol. The first-order valence-electron chi connectivity index (χ1n) is 6.18. The van der Waals surface area contributed by atoms with Crippen molar-refractivity contribution < 1.29 is 17.9 Å². The van der Waals surface area contributed by atoms with E-state index in [1.54, 1.807) is 26.0 Å². The Labute approximate surface area is 125 Å². The van der Waals surface area contributed by atoms with Crippen molar-refractivity contribution in [2.45, 2.75) is 19.1 Å². The van der Waals surface area contributed by atoms with E-state index < -0.39 is 9.84 Å². The second kappa shape index (κ2) is 7.04. The van der Waals surface area contributed by atoms with Gasteiger partial charge in [0.1, 0.15) is 11.5 Å². The molecule has 1 aromatic carbocycles. The Morgan fingerprint density at radius 2 is 1.80 bits per heavy atom. The second-order valence-corrected chi connectivity index (χ2v) is 7.61. The molecule has 0 atom stereocenters. The van der Waals surface area contributed by atoms with Gasteiger partial charge in [-0.1, -0.05) is 11.6 Å². The minimum atomic E-state index is -3.07. The summed E-state index contributed by atoms with van der Waals surface area (Å²) in [6.07, 6.45) is 0. The highest BCUT2D eigenvalue weighted by atomic mass is 35.5. The molecule has 0 bridgehead atoms. The van der Waals surface area contributed by atoms with Gasteiger partial charge in [0.15, 0.2) is 9.84 Å². The normalized spacial score (nSPS) is 11.5. The van der Waals surface area contributed by atoms with Crippen molar-refractivity contribution in [2.24, 2.45) is 0 Å². The SMILES string of the molecule is COc1cc(NCCS(=O)(=O)C(C)C)c(OC)cc1Cl. The third kappa shape index (κ3) is 4.18. The molecule has 0 amide bonds. The lowest BCUT2D eigenvalue weighted by Crippen LogP contribution is -2.23. The number of methoxy groups -OCH3 is 2. The molecule has 0 spiro atoms. The first-order valence-corrected chi connectivity index (χ1v) is 8.28. The van der Waals surface area contributed by atoms with Crippen LogP contribution in [0.25, 0.3) is 0 Å². The zero-order valence-corrected chi connectivity index (χ0v) is 13.6. The van der Waals surface area contributed by atoms with Gasteiger partial charge < -0.3 is 14.8 Å². The van der Waals surface area contributed by atoms with Crippen LogP contribution in [-0.4, -0.2) is 40.2 Å². The van der Waals surface area contributed by atoms with Crippen molar-refractivity contribution in [2.75, 3.05) is 31.8 Å². The molecule has 0 aliphatic heterocycles. The van der Waals surface area contributed by atoms with E-state index in [9.17, 15) is 8.42 Å². The third-order valence-electron chi connectivity index (χ3n) is 2.89. The second-order valence-electron chi connectivity index (χ2n) is 4.53. The molecule has 0 aliphatic carbocycles. The summed E-state index contributed by atoms with van der Waals surface area (Å²) in [7, 11) is -0.0358. The largest absolute Gasteiger partial charge is 0.495 e. The Kier molecular flexibility index (Phi) is 5.95. The molecule has 1 rings (SSSR count). The van der Waals surface area contributed by atoms with Crippen LogP contribution in [0.4, 0.5) is 5.69 Å². The molecule has 0 unspecified atom stereocenters. The lowest BCUT2D eigenvalue weighted by Gasteiger charge is -2.14. The van der Waals surface area contributed by atoms with Gasteiger partial charge in [0, 0.05) is 18.7 Å². The molecule has 20 heavy (non-hydrogen) atoms. The van der Waals surface area contributed by atoms with Crippen LogP contribution in [-0.2, 0) is 9.84 Å². The van der Waals surface area contributed by atoms with E-state index in [1.807, 2.05) is 0 Å². The zero-order valence-electron chi connectivity index (χ0n) is 12.1. The Hall–Kier alpha value is -1.14. The van der Waals surface area contributed by atoms with Crippen molar-refractivity contribution in [3.8, 4) is 11.5 Å². The highest BCUT2D eigenvalue weighted by Crippen LogP contribution is 2.35. The number of hydrogen-bond donors (Lipinski definition) is 1. The molecule has 0 aromatic heterocycles. The summed E-state index contributed by atoms with van der Waals surface area (Å²) in [5, 5.41) is 3.09. The topological polar surface area (TPSA) is 64.6 Å². The predicted octanol–water partition coefficient (Wildman–Crippen LogP) is 2.59. The number of anilines is 1. The van der Waals surface area contributed by atoms with Gasteiger partial charge in [-0.25, -0.2) is 8.42 Å². The van der Waals surface area contributed by atoms with Crippen molar-refractivity contribution in [1.29, 1.82) is 0 Å². The van der Waals surface area contributed by atoms with Gasteiger partial charge in [-0.05, 0) is 13.8 Å². The first kappa shape index (κ1) is 16.9. The van der Waals surface area contributed by atoms with Gasteiger partial charge >= 0.3 is 0 Å². The fourth-order valence-corrected chi connectivity index (χ4v) is 2.65. The van der Waals surface area contributed by atoms with Gasteiger partial charge in [-0.15, -0.1) is 0 Å². The van der Waals surface area contributed by atoms with E-state index in [0.29, 0.717) is 28.8 Å². The lowest BCUT2D eigenvalue weighted by molar-refractivity contribution is 0.405. The van der Waals surface area contributed by atoms with Crippen LogP contribution >= 0.6 is 11.6 Å². The highest BCUT2D eigenvalue weighted by Gasteiger charge is 2.16. The fourth-order valence-electron chi connectivity index (χ4n) is 1.56. The molecule has 0 saturated heterocycles. The van der Waals surface area contributed by atoms with Gasteiger partial charge in [0.2, 0.25) is 0 Å². The lowest BCUT2D eigenvalue weighted by atomic mass is 10.2. The molecule has 0 fully saturated rings. The van der Waals surface area contributed by atoms with Crippen LogP contribution in [0.5, 0.6) is 11.5 Å². The smallest absolute Gasteiger partial charge is 0.154 e. The van der Waals surface area contributed by atoms with Gasteiger partial charge in [-0.2, -0.15) is 0 Å². The summed E-state index contributed by atoms with van der Waals surface area (Å²) in [5.41, 5.74) is 0.646. The van der Waals surface area contributed by atoms with Crippen LogP contribution in [0.2, 0.25) is 5.02 Å². The molecule has 0 saturated carbocycles. The Morgan fingerprint density at radius 3 is 2.30 bits per heavy atom. The van der Waals surface area contributed by atoms with Crippen LogP contribution in [0.3, 0.4) is 0 Å². The molecule has 5 nitrogen and oxygen atoms in total. The monoisotopic (exact) mass is 321 g/mol. The summed E-state index contributed by atoms with van der Waals surface area (Å²) in [5.74, 6) is 1.10. The molecule has 0 heterocycles. The summed E-state index contributed by atoms with van der Waals surface area (Å²) < 4.78 is 33.8. The predicted molar refractivity (Wildman–Crippen MR) is 82.0 cm³/mol. The Morgan fingerprint density at radius 1 is 1.20 bits per heavy atom. The molecule has 114 valence electrons. The summed E-state index contributed by atoms with van der Waals surface area (Å²) in [6.45, 7) is 3.63. The van der Waals surface area contributed by atoms with E-state index in [2.05, 4.69) is 5.32 Å². The van der Waals surface area contributed by atoms with Gasteiger partial charge in [0.25, 0.3) is 0 Å². The maximum atomic E-state index is 11.7. The van der Waals surface area contributed by atoms with Crippen molar-refractivity contribution in [3.05, 3.63) is 17.2 Å². The van der Waals surface area contributed by atoms with E-state index >= 15 is 0 Å². The van der Waals surface area contributed by atoms with Crippen molar-refractivity contribution >= 4 is 27.1 Å². The maximum absolute atomic E-state index is 11.7. The van der Waals surface area contributed by atoms with Crippen molar-refractivity contribution in [1.82, 2.24) is 0 Å². The average molecular weight is 322 g/mol. The molecular formula is C13H20ClNO4S. The van der Waals surface area contributed by atoms with Crippen LogP contribution in [0.15, 0.2) is 12.1 Å². The zero-order chi connectivity index (χ0) is 15.3. The fraction of sp³-hybridized carbons (Fsp3) is 0.538. The number of nitrogens with one attached hydrogen (secondary N) is 1. The highest BCUT2D eigenvalue weighted by molar-refractivity contribution is 7.92. The number of ether oxygens (including phenoxy) is 2. The number of sulfone groups is 1. The van der Waals surface area contributed by atoms with Gasteiger partial charge in [-0.3, -0.25) is 0 Å². The number of benzene rings is 1. The molecule has 1 aromatic rings. The molecule has 1 N–H and O–H groups in total. The number of halogens is 1. The van der Waals surface area contributed by atoms with Crippen LogP contribution in [0, 0.1) is 0 Å². The van der Waals surface area contributed by atoms with Gasteiger partial charge in [0.05, 0.1) is 35.9 Å². The Bertz CT molecular complexity index is 558. The Balaban J connectivity index is 2.82. The molecule has 0 radical (unpaired) electrons. The molecule has 0 aliphatic rings. The summed E-state index contributed by atoms with van der Waals surface area (Å²) in [4.78, 5) is 0. The first-order chi connectivity index (χ1) is 9.31. The summed E-state index contributed by atoms with van der Waals surface area (Å²) >= 11 is 6.00. The average Bonchev–Trinajstić information content (AvgIpc) is 2.39. The standard InChI is InChI=1S/C13H20ClNO4S/c1-9(2)20(16,17)6-5-15-11-8-12(18-3)10(14)7-13(11)19-4/h7-9,15H,5-6H2,1-4H3. The third-order valence-corrected chi connectivity index (χ3v) is 5.40. The van der Waals surface area contributed by atoms with Crippen LogP contribution in [0.1, 0.15) is 13.8 Å². The minimum absolute atomic E-state index is 0.0543. The van der Waals surface area contributed by atoms with E-state index in [-0.39, 0.29) is 11.0 Å². The number of hydrogen-bond acceptors (Lipinski definition) is 5. The van der Waals surface area contributed by atoms with Crippen molar-refractivity contribution in [3.63, 3.8) is 0 Å². The van der Waals surface area contributed by atoms with E-state index in [0.717, 1.165) is 0 Å². The van der Waals surface area contributed by atoms with E-state index in [4.69, 9.17) is 21.1 Å². The summed E-state index contributed by atoms with van der Waals surface area (Å²) in [6, 6.07) is 3.31. The maximum Gasteiger partial charge on any atom is 0.154 e. The molecule has 7 heteroatoms.